The van der Waals surface area contributed by atoms with Crippen molar-refractivity contribution in [1.29, 1.82) is 0 Å². The number of rotatable bonds is 2. The zero-order valence-corrected chi connectivity index (χ0v) is 17.4. The highest BCUT2D eigenvalue weighted by atomic mass is 35.5. The first-order chi connectivity index (χ1) is 8.78. The van der Waals surface area contributed by atoms with Crippen molar-refractivity contribution in [2.45, 2.75) is 18.2 Å². The van der Waals surface area contributed by atoms with E-state index in [4.69, 9.17) is 116 Å². The summed E-state index contributed by atoms with van der Waals surface area (Å²) in [7, 11) is 0. The van der Waals surface area contributed by atoms with Crippen LogP contribution in [0.15, 0.2) is 0 Å². The number of Topliss-reactive ketones (excluding diaryl/α,β-unsaturated/α-hetero) is 1. The highest BCUT2D eigenvalue weighted by Gasteiger charge is 2.00. The molecule has 122 valence electrons. The van der Waals surface area contributed by atoms with Crippen molar-refractivity contribution in [3.05, 3.63) is 0 Å². The minimum Gasteiger partial charge on any atom is -0.300 e. The van der Waals surface area contributed by atoms with Crippen molar-refractivity contribution >= 4 is 122 Å². The maximum absolute atomic E-state index is 10.1. The van der Waals surface area contributed by atoms with E-state index in [1.54, 1.807) is 0 Å². The Balaban J connectivity index is -0.0000000467. The van der Waals surface area contributed by atoms with Gasteiger partial charge < -0.3 is 0 Å². The molecule has 0 aliphatic heterocycles. The molecule has 0 bridgehead atoms. The van der Waals surface area contributed by atoms with Crippen LogP contribution in [0, 0.1) is 0 Å². The van der Waals surface area contributed by atoms with Gasteiger partial charge in [0, 0.05) is 6.42 Å². The molecule has 0 N–H and O–H groups in total. The van der Waals surface area contributed by atoms with Gasteiger partial charge in [0.05, 0.1) is 21.4 Å². The summed E-state index contributed by atoms with van der Waals surface area (Å²) in [4.78, 5) is 9.56. The third-order valence-corrected chi connectivity index (χ3v) is 0.750. The first-order valence-electron chi connectivity index (χ1n) is 4.04. The van der Waals surface area contributed by atoms with Crippen molar-refractivity contribution in [2.24, 2.45) is 0 Å². The molecular weight excluding hydrogens is 467 g/mol. The number of carbonyl (C=O) groups is 1. The first kappa shape index (κ1) is 33.2. The summed E-state index contributed by atoms with van der Waals surface area (Å²) < 4.78 is 0. The number of carbonyl (C=O) groups excluding carboxylic acids is 1. The maximum atomic E-state index is 10.1. The molecule has 0 unspecified atom stereocenters. The van der Waals surface area contributed by atoms with Crippen LogP contribution < -0.4 is 0 Å². The molecule has 19 heavy (non-hydrogen) atoms. The second-order valence-electron chi connectivity index (χ2n) is 1.70. The molecule has 11 heteroatoms. The van der Waals surface area contributed by atoms with Gasteiger partial charge in [-0.25, -0.2) is 0 Å². The summed E-state index contributed by atoms with van der Waals surface area (Å²) in [6.45, 7) is 1.46. The normalized spacial score (nSPS) is 7.37. The Morgan fingerprint density at radius 1 is 0.737 bits per heavy atom. The van der Waals surface area contributed by atoms with Gasteiger partial charge >= 0.3 is 0 Å². The lowest BCUT2D eigenvalue weighted by Crippen LogP contribution is -1.95. The molecule has 0 radical (unpaired) electrons. The average Bonchev–Trinajstić information content (AvgIpc) is 2.19. The second kappa shape index (κ2) is 42.8. The first-order valence-corrected chi connectivity index (χ1v) is 9.19. The van der Waals surface area contributed by atoms with Crippen molar-refractivity contribution in [3.63, 3.8) is 0 Å². The smallest absolute Gasteiger partial charge is 0.132 e. The molecule has 0 aliphatic rings. The molecular formula is C8H14Cl10O. The highest BCUT2D eigenvalue weighted by molar-refractivity contribution is 6.45. The number of ketones is 1. The largest absolute Gasteiger partial charge is 0.300 e. The minimum atomic E-state index is -0.530. The molecule has 0 saturated carbocycles. The Labute approximate surface area is 165 Å². The number of alkyl halides is 10. The number of halogens is 10. The van der Waals surface area contributed by atoms with Crippen molar-refractivity contribution in [1.82, 2.24) is 0 Å². The van der Waals surface area contributed by atoms with Gasteiger partial charge in [-0.3, -0.25) is 4.79 Å². The van der Waals surface area contributed by atoms with Crippen LogP contribution in [0.3, 0.4) is 0 Å². The molecule has 0 rings (SSSR count). The fourth-order valence-corrected chi connectivity index (χ4v) is 0.652. The molecule has 0 aliphatic carbocycles. The molecule has 0 saturated heterocycles. The molecule has 0 fully saturated rings. The van der Waals surface area contributed by atoms with Crippen LogP contribution >= 0.6 is 116 Å². The van der Waals surface area contributed by atoms with Crippen LogP contribution in [0.5, 0.6) is 0 Å². The molecule has 0 atom stereocenters. The van der Waals surface area contributed by atoms with Gasteiger partial charge in [-0.1, -0.05) is 0 Å². The van der Waals surface area contributed by atoms with Crippen molar-refractivity contribution < 1.29 is 4.79 Å². The van der Waals surface area contributed by atoms with E-state index in [1.807, 2.05) is 0 Å². The lowest BCUT2D eigenvalue weighted by atomic mass is 10.4. The van der Waals surface area contributed by atoms with Crippen LogP contribution in [0.25, 0.3) is 0 Å². The predicted octanol–water partition coefficient (Wildman–Crippen LogP) is 7.46. The molecule has 0 aromatic rings. The minimum absolute atomic E-state index is 0.0231. The Bertz CT molecular complexity index is 116. The zero-order chi connectivity index (χ0) is 16.7. The summed E-state index contributed by atoms with van der Waals surface area (Å²) in [6.07, 6.45) is 0.253. The van der Waals surface area contributed by atoms with Crippen LogP contribution in [-0.4, -0.2) is 32.0 Å². The van der Waals surface area contributed by atoms with Crippen molar-refractivity contribution in [2.75, 3.05) is 21.4 Å². The summed E-state index contributed by atoms with van der Waals surface area (Å²) in [5, 5.41) is 0.778. The Hall–Kier alpha value is 2.57. The summed E-state index contributed by atoms with van der Waals surface area (Å²) >= 11 is 48.5. The van der Waals surface area contributed by atoms with E-state index in [0.29, 0.717) is 0 Å². The van der Waals surface area contributed by atoms with Crippen LogP contribution in [0.1, 0.15) is 13.3 Å². The lowest BCUT2D eigenvalue weighted by molar-refractivity contribution is -0.116. The van der Waals surface area contributed by atoms with E-state index in [0.717, 1.165) is 0 Å². The van der Waals surface area contributed by atoms with E-state index in [2.05, 4.69) is 0 Å². The molecule has 1 nitrogen and oxygen atoms in total. The fraction of sp³-hybridized carbons (Fsp3) is 0.875. The molecule has 0 aromatic carbocycles. The zero-order valence-electron chi connectivity index (χ0n) is 9.80. The van der Waals surface area contributed by atoms with E-state index in [-0.39, 0.29) is 33.6 Å². The Morgan fingerprint density at radius 3 is 0.895 bits per heavy atom. The molecule has 0 heterocycles. The van der Waals surface area contributed by atoms with E-state index in [1.165, 1.54) is 6.92 Å². The predicted molar refractivity (Wildman–Crippen MR) is 97.1 cm³/mol. The van der Waals surface area contributed by atoms with E-state index in [9.17, 15) is 4.79 Å². The molecule has 0 amide bonds. The summed E-state index contributed by atoms with van der Waals surface area (Å²) in [6, 6.07) is 0. The van der Waals surface area contributed by atoms with Crippen LogP contribution in [0.4, 0.5) is 0 Å². The van der Waals surface area contributed by atoms with Gasteiger partial charge in [0.2, 0.25) is 0 Å². The van der Waals surface area contributed by atoms with Crippen molar-refractivity contribution in [3.8, 4) is 0 Å². The molecule has 0 aromatic heterocycles. The summed E-state index contributed by atoms with van der Waals surface area (Å²) in [5.74, 6) is 0.0231. The van der Waals surface area contributed by atoms with Gasteiger partial charge in [0.1, 0.15) is 10.6 Å². The number of hydrogen-bond donors (Lipinski definition) is 0. The van der Waals surface area contributed by atoms with Crippen LogP contribution in [0.2, 0.25) is 0 Å². The SMILES string of the molecule is CC(=O)CC(Cl)Cl.ClCCl.ClCCl.ClCCl.ClCCl. The van der Waals surface area contributed by atoms with Gasteiger partial charge in [0.15, 0.2) is 0 Å². The molecule has 0 spiro atoms. The second-order valence-corrected chi connectivity index (χ2v) is 6.21. The summed E-state index contributed by atoms with van der Waals surface area (Å²) in [5.41, 5.74) is 0. The standard InChI is InChI=1S/C4H6Cl2O.4CH2Cl2/c1-3(7)2-4(5)6;4*2-1-3/h4H,2H2,1H3;4*1H2. The fourth-order valence-electron chi connectivity index (χ4n) is 0.217. The van der Waals surface area contributed by atoms with Gasteiger partial charge in [-0.15, -0.1) is 116 Å². The van der Waals surface area contributed by atoms with Gasteiger partial charge in [-0.05, 0) is 6.92 Å². The maximum Gasteiger partial charge on any atom is 0.132 e. The van der Waals surface area contributed by atoms with Gasteiger partial charge in [0.25, 0.3) is 0 Å². The third kappa shape index (κ3) is 164. The lowest BCUT2D eigenvalue weighted by Gasteiger charge is -1.90. The van der Waals surface area contributed by atoms with Crippen LogP contribution in [-0.2, 0) is 4.79 Å². The Morgan fingerprint density at radius 2 is 0.895 bits per heavy atom. The Kier molecular flexibility index (Phi) is 74.8. The van der Waals surface area contributed by atoms with Gasteiger partial charge in [-0.2, -0.15) is 0 Å². The average molecular weight is 481 g/mol. The monoisotopic (exact) mass is 476 g/mol. The third-order valence-electron chi connectivity index (χ3n) is 0.442. The topological polar surface area (TPSA) is 17.1 Å². The van der Waals surface area contributed by atoms with E-state index >= 15 is 0 Å². The highest BCUT2D eigenvalue weighted by Crippen LogP contribution is 2.05. The quantitative estimate of drug-likeness (QED) is 0.375. The number of hydrogen-bond acceptors (Lipinski definition) is 1. The van der Waals surface area contributed by atoms with E-state index < -0.39 is 4.84 Å².